The maximum Gasteiger partial charge on any atom is 0.146 e. The van der Waals surface area contributed by atoms with Gasteiger partial charge in [-0.05, 0) is 30.2 Å². The zero-order valence-electron chi connectivity index (χ0n) is 9.84. The third kappa shape index (κ3) is 3.24. The van der Waals surface area contributed by atoms with Crippen LogP contribution in [0.5, 0.6) is 0 Å². The molecule has 2 N–H and O–H groups in total. The Kier molecular flexibility index (Phi) is 4.40. The van der Waals surface area contributed by atoms with E-state index in [1.165, 1.54) is 12.1 Å². The van der Waals surface area contributed by atoms with Crippen molar-refractivity contribution in [2.24, 2.45) is 5.73 Å². The molecule has 0 saturated carbocycles. The van der Waals surface area contributed by atoms with Crippen molar-refractivity contribution in [3.63, 3.8) is 0 Å². The Morgan fingerprint density at radius 2 is 1.84 bits per heavy atom. The average Bonchev–Trinajstić information content (AvgIpc) is 2.36. The first kappa shape index (κ1) is 14.3. The minimum atomic E-state index is -0.672. The monoisotopic (exact) mass is 301 g/mol. The molecule has 0 fully saturated rings. The number of halogens is 4. The van der Waals surface area contributed by atoms with Crippen LogP contribution in [-0.2, 0) is 6.42 Å². The lowest BCUT2D eigenvalue weighted by Gasteiger charge is -2.14. The lowest BCUT2D eigenvalue weighted by molar-refractivity contribution is 0.563. The molecule has 5 heteroatoms. The third-order valence-corrected chi connectivity index (χ3v) is 3.36. The summed E-state index contributed by atoms with van der Waals surface area (Å²) in [6.07, 6.45) is 0.167. The van der Waals surface area contributed by atoms with Crippen LogP contribution in [0.2, 0.25) is 10.0 Å². The van der Waals surface area contributed by atoms with Crippen molar-refractivity contribution < 1.29 is 8.78 Å². The van der Waals surface area contributed by atoms with Crippen LogP contribution in [-0.4, -0.2) is 0 Å². The Balaban J connectivity index is 2.25. The van der Waals surface area contributed by atoms with E-state index in [0.29, 0.717) is 10.6 Å². The second kappa shape index (κ2) is 5.87. The molecule has 1 unspecified atom stereocenters. The molecule has 0 aliphatic carbocycles. The minimum absolute atomic E-state index is 0.00419. The quantitative estimate of drug-likeness (QED) is 0.886. The van der Waals surface area contributed by atoms with Gasteiger partial charge in [-0.3, -0.25) is 0 Å². The molecule has 0 aliphatic heterocycles. The van der Waals surface area contributed by atoms with Gasteiger partial charge in [-0.25, -0.2) is 8.78 Å². The lowest BCUT2D eigenvalue weighted by atomic mass is 9.99. The molecule has 1 atom stereocenters. The third-order valence-electron chi connectivity index (χ3n) is 2.84. The Labute approximate surface area is 119 Å². The van der Waals surface area contributed by atoms with Crippen LogP contribution in [0.15, 0.2) is 36.4 Å². The van der Waals surface area contributed by atoms with E-state index >= 15 is 0 Å². The first-order valence-electron chi connectivity index (χ1n) is 5.62. The summed E-state index contributed by atoms with van der Waals surface area (Å²) in [6, 6.07) is 8.24. The Bertz CT molecular complexity index is 602. The molecule has 0 spiro atoms. The molecule has 0 amide bonds. The van der Waals surface area contributed by atoms with Gasteiger partial charge in [-0.2, -0.15) is 0 Å². The highest BCUT2D eigenvalue weighted by Gasteiger charge is 2.16. The summed E-state index contributed by atoms with van der Waals surface area (Å²) in [5.74, 6) is -1.02. The maximum atomic E-state index is 13.8. The standard InChI is InChI=1S/C14H11Cl2F2N/c15-9-5-4-8(12(17)7-9)6-13(19)10-2-1-3-11(16)14(10)18/h1-5,7,13H,6,19H2. The van der Waals surface area contributed by atoms with Gasteiger partial charge in [0.15, 0.2) is 0 Å². The van der Waals surface area contributed by atoms with Gasteiger partial charge in [0.1, 0.15) is 11.6 Å². The van der Waals surface area contributed by atoms with Crippen molar-refractivity contribution in [1.82, 2.24) is 0 Å². The van der Waals surface area contributed by atoms with Gasteiger partial charge in [-0.1, -0.05) is 41.4 Å². The van der Waals surface area contributed by atoms with Crippen molar-refractivity contribution in [3.8, 4) is 0 Å². The van der Waals surface area contributed by atoms with E-state index in [0.717, 1.165) is 0 Å². The number of nitrogens with two attached hydrogens (primary N) is 1. The zero-order chi connectivity index (χ0) is 14.0. The molecule has 100 valence electrons. The van der Waals surface area contributed by atoms with Crippen LogP contribution >= 0.6 is 23.2 Å². The number of hydrogen-bond donors (Lipinski definition) is 1. The smallest absolute Gasteiger partial charge is 0.146 e. The molecule has 0 aromatic heterocycles. The zero-order valence-corrected chi connectivity index (χ0v) is 11.3. The first-order valence-corrected chi connectivity index (χ1v) is 6.38. The summed E-state index contributed by atoms with van der Waals surface area (Å²) in [5.41, 5.74) is 6.56. The fourth-order valence-corrected chi connectivity index (χ4v) is 2.18. The minimum Gasteiger partial charge on any atom is -0.324 e. The van der Waals surface area contributed by atoms with E-state index in [2.05, 4.69) is 0 Å². The molecular weight excluding hydrogens is 291 g/mol. The van der Waals surface area contributed by atoms with Crippen molar-refractivity contribution in [2.45, 2.75) is 12.5 Å². The van der Waals surface area contributed by atoms with Gasteiger partial charge >= 0.3 is 0 Å². The SMILES string of the molecule is NC(Cc1ccc(Cl)cc1F)c1cccc(Cl)c1F. The fourth-order valence-electron chi connectivity index (χ4n) is 1.84. The van der Waals surface area contributed by atoms with Crippen LogP contribution in [0.1, 0.15) is 17.2 Å². The summed E-state index contributed by atoms with van der Waals surface area (Å²) < 4.78 is 27.4. The van der Waals surface area contributed by atoms with Crippen LogP contribution in [0.25, 0.3) is 0 Å². The van der Waals surface area contributed by atoms with Gasteiger partial charge in [-0.15, -0.1) is 0 Å². The normalized spacial score (nSPS) is 12.5. The van der Waals surface area contributed by atoms with Crippen molar-refractivity contribution in [3.05, 3.63) is 69.2 Å². The van der Waals surface area contributed by atoms with Crippen molar-refractivity contribution in [1.29, 1.82) is 0 Å². The summed E-state index contributed by atoms with van der Waals surface area (Å²) in [7, 11) is 0. The highest BCUT2D eigenvalue weighted by atomic mass is 35.5. The van der Waals surface area contributed by atoms with E-state index < -0.39 is 17.7 Å². The van der Waals surface area contributed by atoms with Gasteiger partial charge in [0.2, 0.25) is 0 Å². The van der Waals surface area contributed by atoms with E-state index in [1.807, 2.05) is 0 Å². The van der Waals surface area contributed by atoms with Gasteiger partial charge in [0, 0.05) is 16.6 Å². The number of hydrogen-bond acceptors (Lipinski definition) is 1. The highest BCUT2D eigenvalue weighted by Crippen LogP contribution is 2.25. The molecule has 2 aromatic carbocycles. The predicted octanol–water partition coefficient (Wildman–Crippen LogP) is 4.51. The van der Waals surface area contributed by atoms with Crippen LogP contribution in [0.3, 0.4) is 0 Å². The topological polar surface area (TPSA) is 26.0 Å². The summed E-state index contributed by atoms with van der Waals surface area (Å²) >= 11 is 11.4. The average molecular weight is 302 g/mol. The fraction of sp³-hybridized carbons (Fsp3) is 0.143. The molecule has 0 radical (unpaired) electrons. The molecular formula is C14H11Cl2F2N. The van der Waals surface area contributed by atoms with Crippen molar-refractivity contribution >= 4 is 23.2 Å². The number of benzene rings is 2. The number of rotatable bonds is 3. The molecule has 0 saturated heterocycles. The van der Waals surface area contributed by atoms with Crippen LogP contribution in [0.4, 0.5) is 8.78 Å². The van der Waals surface area contributed by atoms with Gasteiger partial charge in [0.25, 0.3) is 0 Å². The Morgan fingerprint density at radius 1 is 1.11 bits per heavy atom. The molecule has 2 rings (SSSR count). The second-order valence-corrected chi connectivity index (χ2v) is 5.03. The molecule has 0 aliphatic rings. The van der Waals surface area contributed by atoms with Gasteiger partial charge in [0.05, 0.1) is 5.02 Å². The van der Waals surface area contributed by atoms with Crippen LogP contribution in [0, 0.1) is 11.6 Å². The van der Waals surface area contributed by atoms with E-state index in [9.17, 15) is 8.78 Å². The molecule has 0 heterocycles. The molecule has 19 heavy (non-hydrogen) atoms. The van der Waals surface area contributed by atoms with E-state index in [-0.39, 0.29) is 17.0 Å². The van der Waals surface area contributed by atoms with Crippen molar-refractivity contribution in [2.75, 3.05) is 0 Å². The second-order valence-electron chi connectivity index (χ2n) is 4.19. The summed E-state index contributed by atoms with van der Waals surface area (Å²) in [4.78, 5) is 0. The Hall–Kier alpha value is -1.16. The van der Waals surface area contributed by atoms with Crippen LogP contribution < -0.4 is 5.73 Å². The lowest BCUT2D eigenvalue weighted by Crippen LogP contribution is -2.16. The molecule has 0 bridgehead atoms. The maximum absolute atomic E-state index is 13.8. The summed E-state index contributed by atoms with van der Waals surface area (Å²) in [6.45, 7) is 0. The largest absolute Gasteiger partial charge is 0.324 e. The van der Waals surface area contributed by atoms with E-state index in [1.54, 1.807) is 24.3 Å². The molecule has 1 nitrogen and oxygen atoms in total. The summed E-state index contributed by atoms with van der Waals surface area (Å²) in [5, 5.41) is 0.313. The predicted molar refractivity (Wildman–Crippen MR) is 73.5 cm³/mol. The highest BCUT2D eigenvalue weighted by molar-refractivity contribution is 6.31. The van der Waals surface area contributed by atoms with E-state index in [4.69, 9.17) is 28.9 Å². The first-order chi connectivity index (χ1) is 8.99. The molecule has 2 aromatic rings. The Morgan fingerprint density at radius 3 is 2.53 bits per heavy atom. The van der Waals surface area contributed by atoms with Gasteiger partial charge < -0.3 is 5.73 Å².